The predicted octanol–water partition coefficient (Wildman–Crippen LogP) is 9.00. The van der Waals surface area contributed by atoms with Gasteiger partial charge in [0.05, 0.1) is 5.41 Å². The van der Waals surface area contributed by atoms with Crippen LogP contribution in [0.5, 0.6) is 5.88 Å². The van der Waals surface area contributed by atoms with Crippen LogP contribution in [-0.2, 0) is 12.8 Å². The summed E-state index contributed by atoms with van der Waals surface area (Å²) in [5, 5.41) is 11.3. The first-order valence-corrected chi connectivity index (χ1v) is 14.5. The molecule has 0 bridgehead atoms. The molecule has 1 N–H and O–H groups in total. The van der Waals surface area contributed by atoms with Crippen molar-refractivity contribution in [2.45, 2.75) is 91.6 Å². The number of aryl methyl sites for hydroxylation is 2. The molecule has 0 saturated carbocycles. The molecular formula is C35H45N3O. The lowest BCUT2D eigenvalue weighted by Crippen LogP contribution is -2.57. The van der Waals surface area contributed by atoms with Gasteiger partial charge in [-0.2, -0.15) is 10.3 Å². The van der Waals surface area contributed by atoms with Crippen LogP contribution < -0.4 is 4.74 Å². The molecule has 206 valence electrons. The first-order valence-electron chi connectivity index (χ1n) is 14.5. The maximum atomic E-state index is 7.15. The van der Waals surface area contributed by atoms with Crippen molar-refractivity contribution < 1.29 is 4.74 Å². The summed E-state index contributed by atoms with van der Waals surface area (Å²) in [5.74, 6) is 0.547. The maximum absolute atomic E-state index is 7.15. The number of benzene rings is 2. The Morgan fingerprint density at radius 2 is 1.38 bits per heavy atom. The number of hydrogen-bond acceptors (Lipinski definition) is 3. The summed E-state index contributed by atoms with van der Waals surface area (Å²) in [5.41, 5.74) is 8.41. The van der Waals surface area contributed by atoms with E-state index in [1.807, 2.05) is 0 Å². The van der Waals surface area contributed by atoms with Crippen LogP contribution in [0.15, 0.2) is 101 Å². The highest BCUT2D eigenvalue weighted by Crippen LogP contribution is 2.60. The molecule has 4 rings (SSSR count). The molecule has 0 amide bonds. The Kier molecular flexibility index (Phi) is 9.27. The minimum Gasteiger partial charge on any atom is -0.463 e. The highest BCUT2D eigenvalue weighted by molar-refractivity contribution is 5.54. The molecule has 0 aliphatic heterocycles. The van der Waals surface area contributed by atoms with E-state index in [-0.39, 0.29) is 5.41 Å². The van der Waals surface area contributed by atoms with Gasteiger partial charge in [0, 0.05) is 0 Å². The zero-order valence-corrected chi connectivity index (χ0v) is 24.5. The first kappa shape index (κ1) is 28.6. The largest absolute Gasteiger partial charge is 0.463 e. The molecule has 39 heavy (non-hydrogen) atoms. The van der Waals surface area contributed by atoms with Crippen molar-refractivity contribution >= 4 is 0 Å². The quantitative estimate of drug-likeness (QED) is 0.227. The maximum Gasteiger partial charge on any atom is 0.254 e. The SMILES string of the molecule is C=C(CCC)C1(CCCc2ccccc2)C(C)=C(C)C(C)=C(C)C1(CCCc1ccccc1)Oc1cn[nH]n1. The number of hydrogen-bond donors (Lipinski definition) is 1. The normalized spacial score (nSPS) is 21.4. The fourth-order valence-corrected chi connectivity index (χ4v) is 6.86. The average Bonchev–Trinajstić information content (AvgIpc) is 3.47. The number of allylic oxidation sites excluding steroid dienone is 2. The zero-order valence-electron chi connectivity index (χ0n) is 24.5. The van der Waals surface area contributed by atoms with Gasteiger partial charge in [0.1, 0.15) is 11.8 Å². The number of aromatic amines is 1. The summed E-state index contributed by atoms with van der Waals surface area (Å²) >= 11 is 0. The van der Waals surface area contributed by atoms with Crippen LogP contribution in [0.3, 0.4) is 0 Å². The molecule has 2 atom stereocenters. The second-order valence-corrected chi connectivity index (χ2v) is 11.2. The number of nitrogens with one attached hydrogen (secondary N) is 1. The van der Waals surface area contributed by atoms with Crippen LogP contribution in [-0.4, -0.2) is 21.0 Å². The van der Waals surface area contributed by atoms with Crippen molar-refractivity contribution in [2.75, 3.05) is 0 Å². The van der Waals surface area contributed by atoms with Gasteiger partial charge in [0.25, 0.3) is 5.88 Å². The molecule has 4 heteroatoms. The van der Waals surface area contributed by atoms with Gasteiger partial charge in [0.2, 0.25) is 0 Å². The molecule has 0 spiro atoms. The molecule has 0 saturated heterocycles. The van der Waals surface area contributed by atoms with Gasteiger partial charge < -0.3 is 4.74 Å². The Morgan fingerprint density at radius 1 is 0.821 bits per heavy atom. The summed E-state index contributed by atoms with van der Waals surface area (Å²) in [6.07, 6.45) is 9.64. The van der Waals surface area contributed by atoms with Crippen molar-refractivity contribution in [1.29, 1.82) is 0 Å². The number of ether oxygens (including phenoxy) is 1. The number of aromatic nitrogens is 3. The van der Waals surface area contributed by atoms with Gasteiger partial charge in [-0.05, 0) is 100 Å². The number of H-pyrrole nitrogens is 1. The Labute approximate surface area is 235 Å². The summed E-state index contributed by atoms with van der Waals surface area (Å²) in [7, 11) is 0. The van der Waals surface area contributed by atoms with Crippen molar-refractivity contribution in [3.05, 3.63) is 112 Å². The minimum atomic E-state index is -0.602. The van der Waals surface area contributed by atoms with Crippen LogP contribution >= 0.6 is 0 Å². The van der Waals surface area contributed by atoms with Crippen molar-refractivity contribution in [3.63, 3.8) is 0 Å². The second kappa shape index (κ2) is 12.6. The van der Waals surface area contributed by atoms with E-state index in [1.165, 1.54) is 39.0 Å². The van der Waals surface area contributed by atoms with E-state index in [9.17, 15) is 0 Å². The third kappa shape index (κ3) is 5.66. The van der Waals surface area contributed by atoms with Gasteiger partial charge in [-0.15, -0.1) is 5.10 Å². The highest BCUT2D eigenvalue weighted by atomic mass is 16.5. The molecule has 3 aromatic rings. The first-order chi connectivity index (χ1) is 18.9. The monoisotopic (exact) mass is 523 g/mol. The Balaban J connectivity index is 1.83. The summed E-state index contributed by atoms with van der Waals surface area (Å²) < 4.78 is 7.15. The van der Waals surface area contributed by atoms with Gasteiger partial charge in [-0.1, -0.05) is 91.7 Å². The highest BCUT2D eigenvalue weighted by Gasteiger charge is 2.59. The number of nitrogens with zero attached hydrogens (tertiary/aromatic N) is 2. The Morgan fingerprint density at radius 3 is 1.92 bits per heavy atom. The third-order valence-electron chi connectivity index (χ3n) is 9.15. The van der Waals surface area contributed by atoms with Crippen LogP contribution in [0.25, 0.3) is 0 Å². The lowest BCUT2D eigenvalue weighted by Gasteiger charge is -2.56. The van der Waals surface area contributed by atoms with Crippen LogP contribution in [0.4, 0.5) is 0 Å². The van der Waals surface area contributed by atoms with Crippen molar-refractivity contribution in [3.8, 4) is 5.88 Å². The Hall–Kier alpha value is -3.40. The number of rotatable bonds is 13. The van der Waals surface area contributed by atoms with E-state index >= 15 is 0 Å². The zero-order chi connectivity index (χ0) is 27.9. The molecule has 1 heterocycles. The molecule has 1 aliphatic rings. The lowest BCUT2D eigenvalue weighted by atomic mass is 9.52. The van der Waals surface area contributed by atoms with E-state index in [2.05, 4.69) is 111 Å². The fourth-order valence-electron chi connectivity index (χ4n) is 6.86. The summed E-state index contributed by atoms with van der Waals surface area (Å²) in [6, 6.07) is 21.6. The topological polar surface area (TPSA) is 50.8 Å². The van der Waals surface area contributed by atoms with Crippen molar-refractivity contribution in [2.24, 2.45) is 5.41 Å². The predicted molar refractivity (Wildman–Crippen MR) is 162 cm³/mol. The van der Waals surface area contributed by atoms with Gasteiger partial charge in [-0.3, -0.25) is 0 Å². The van der Waals surface area contributed by atoms with E-state index in [4.69, 9.17) is 11.3 Å². The molecule has 2 aromatic carbocycles. The molecule has 0 radical (unpaired) electrons. The van der Waals surface area contributed by atoms with Crippen LogP contribution in [0.1, 0.15) is 84.3 Å². The second-order valence-electron chi connectivity index (χ2n) is 11.2. The van der Waals surface area contributed by atoms with E-state index in [0.29, 0.717) is 5.88 Å². The van der Waals surface area contributed by atoms with E-state index < -0.39 is 5.60 Å². The van der Waals surface area contributed by atoms with Crippen LogP contribution in [0.2, 0.25) is 0 Å². The smallest absolute Gasteiger partial charge is 0.254 e. The van der Waals surface area contributed by atoms with Gasteiger partial charge in [0.15, 0.2) is 0 Å². The van der Waals surface area contributed by atoms with E-state index in [1.54, 1.807) is 6.20 Å². The molecule has 4 nitrogen and oxygen atoms in total. The lowest BCUT2D eigenvalue weighted by molar-refractivity contribution is -0.0130. The Bertz CT molecular complexity index is 1290. The third-order valence-corrected chi connectivity index (χ3v) is 9.15. The molecule has 0 fully saturated rings. The summed E-state index contributed by atoms with van der Waals surface area (Å²) in [4.78, 5) is 0. The molecule has 1 aliphatic carbocycles. The van der Waals surface area contributed by atoms with Gasteiger partial charge >= 0.3 is 0 Å². The minimum absolute atomic E-state index is 0.346. The van der Waals surface area contributed by atoms with E-state index in [0.717, 1.165) is 51.4 Å². The van der Waals surface area contributed by atoms with Crippen LogP contribution in [0, 0.1) is 5.41 Å². The molecule has 1 aromatic heterocycles. The molecule has 2 unspecified atom stereocenters. The van der Waals surface area contributed by atoms with Gasteiger partial charge in [-0.25, -0.2) is 0 Å². The van der Waals surface area contributed by atoms with Crippen molar-refractivity contribution in [1.82, 2.24) is 15.4 Å². The fraction of sp³-hybridized carbons (Fsp3) is 0.429. The standard InChI is InChI=1S/C35H45N3O/c1-7-16-26(2)34(23-14-21-31-17-10-8-11-18-31)29(5)27(3)28(4)30(6)35(34,39-33-25-36-38-37-33)24-15-22-32-19-12-9-13-20-32/h8-13,17-20,25H,2,7,14-16,21-24H2,1,3-6H3,(H,36,37,38). The summed E-state index contributed by atoms with van der Waals surface area (Å²) in [6.45, 7) is 16.2. The average molecular weight is 524 g/mol. The molecular weight excluding hydrogens is 478 g/mol.